The van der Waals surface area contributed by atoms with E-state index in [-0.39, 0.29) is 11.3 Å². The Hall–Kier alpha value is -0.910. The highest BCUT2D eigenvalue weighted by atomic mass is 32.2. The maximum Gasteiger partial charge on any atom is 0.225 e. The highest BCUT2D eigenvalue weighted by Gasteiger charge is 2.20. The molecule has 3 N–H and O–H groups in total. The number of carbonyl (C=O) groups excluding carboxylic acids is 1. The lowest BCUT2D eigenvalue weighted by molar-refractivity contribution is -0.128. The van der Waals surface area contributed by atoms with E-state index in [9.17, 15) is 4.79 Å². The van der Waals surface area contributed by atoms with Crippen molar-refractivity contribution in [3.8, 4) is 0 Å². The fourth-order valence-corrected chi connectivity index (χ4v) is 3.04. The molecule has 1 aliphatic rings. The highest BCUT2D eigenvalue weighted by Crippen LogP contribution is 2.16. The van der Waals surface area contributed by atoms with Gasteiger partial charge >= 0.3 is 0 Å². The highest BCUT2D eigenvalue weighted by molar-refractivity contribution is 7.99. The van der Waals surface area contributed by atoms with Crippen LogP contribution in [0.2, 0.25) is 0 Å². The molecule has 1 amide bonds. The lowest BCUT2D eigenvalue weighted by Gasteiger charge is -2.24. The molecular formula is C15H30N4OS. The summed E-state index contributed by atoms with van der Waals surface area (Å²) in [6.45, 7) is 9.82. The predicted octanol–water partition coefficient (Wildman–Crippen LogP) is 1.60. The topological polar surface area (TPSA) is 65.5 Å². The molecule has 122 valence electrons. The van der Waals surface area contributed by atoms with Crippen molar-refractivity contribution in [1.82, 2.24) is 16.0 Å². The molecular weight excluding hydrogens is 284 g/mol. The Labute approximate surface area is 133 Å². The summed E-state index contributed by atoms with van der Waals surface area (Å²) in [5.74, 6) is 3.34. The molecule has 0 aromatic rings. The molecule has 21 heavy (non-hydrogen) atoms. The zero-order valence-corrected chi connectivity index (χ0v) is 14.6. The summed E-state index contributed by atoms with van der Waals surface area (Å²) >= 11 is 2.00. The number of aliphatic imine (C=N–C) groups is 1. The Balaban J connectivity index is 2.35. The lowest BCUT2D eigenvalue weighted by Crippen LogP contribution is -2.46. The average Bonchev–Trinajstić information content (AvgIpc) is 2.43. The fourth-order valence-electron chi connectivity index (χ4n) is 1.97. The van der Waals surface area contributed by atoms with Gasteiger partial charge in [0.15, 0.2) is 5.96 Å². The van der Waals surface area contributed by atoms with Crippen LogP contribution in [0, 0.1) is 5.41 Å². The standard InChI is InChI=1S/C15H30N4OS/c1-5-16-14(19-12-7-6-10-21-11-12)18-9-8-17-13(20)15(2,3)4/h12H,5-11H2,1-4H3,(H,17,20)(H2,16,18,19). The largest absolute Gasteiger partial charge is 0.357 e. The van der Waals surface area contributed by atoms with Crippen molar-refractivity contribution in [3.63, 3.8) is 0 Å². The Morgan fingerprint density at radius 3 is 2.67 bits per heavy atom. The number of guanidine groups is 1. The summed E-state index contributed by atoms with van der Waals surface area (Å²) in [4.78, 5) is 16.3. The summed E-state index contributed by atoms with van der Waals surface area (Å²) in [6.07, 6.45) is 2.47. The average molecular weight is 314 g/mol. The van der Waals surface area contributed by atoms with Crippen molar-refractivity contribution < 1.29 is 4.79 Å². The molecule has 6 heteroatoms. The van der Waals surface area contributed by atoms with Crippen molar-refractivity contribution in [1.29, 1.82) is 0 Å². The molecule has 5 nitrogen and oxygen atoms in total. The second-order valence-corrected chi connectivity index (χ2v) is 7.47. The van der Waals surface area contributed by atoms with E-state index >= 15 is 0 Å². The number of hydrogen-bond donors (Lipinski definition) is 3. The summed E-state index contributed by atoms with van der Waals surface area (Å²) < 4.78 is 0. The second-order valence-electron chi connectivity index (χ2n) is 6.32. The van der Waals surface area contributed by atoms with E-state index in [0.717, 1.165) is 18.3 Å². The lowest BCUT2D eigenvalue weighted by atomic mass is 9.96. The van der Waals surface area contributed by atoms with Crippen molar-refractivity contribution >= 4 is 23.6 Å². The van der Waals surface area contributed by atoms with Crippen molar-refractivity contribution in [2.75, 3.05) is 31.1 Å². The molecule has 0 bridgehead atoms. The van der Waals surface area contributed by atoms with Gasteiger partial charge in [-0.25, -0.2) is 0 Å². The summed E-state index contributed by atoms with van der Waals surface area (Å²) in [5.41, 5.74) is -0.341. The Kier molecular flexibility index (Phi) is 7.93. The van der Waals surface area contributed by atoms with E-state index in [1.54, 1.807) is 0 Å². The first-order valence-corrected chi connectivity index (χ1v) is 9.00. The van der Waals surface area contributed by atoms with Crippen LogP contribution < -0.4 is 16.0 Å². The number of amides is 1. The minimum absolute atomic E-state index is 0.0688. The molecule has 1 aliphatic heterocycles. The number of hydrogen-bond acceptors (Lipinski definition) is 3. The molecule has 1 unspecified atom stereocenters. The van der Waals surface area contributed by atoms with Crippen LogP contribution in [0.15, 0.2) is 4.99 Å². The van der Waals surface area contributed by atoms with Gasteiger partial charge in [-0.2, -0.15) is 11.8 Å². The summed E-state index contributed by atoms with van der Waals surface area (Å²) in [6, 6.07) is 0.505. The van der Waals surface area contributed by atoms with Gasteiger partial charge in [0.1, 0.15) is 0 Å². The molecule has 1 fully saturated rings. The van der Waals surface area contributed by atoms with Gasteiger partial charge in [0.25, 0.3) is 0 Å². The first-order chi connectivity index (χ1) is 9.93. The molecule has 0 saturated carbocycles. The number of nitrogens with one attached hydrogen (secondary N) is 3. The molecule has 1 rings (SSSR count). The molecule has 0 aromatic heterocycles. The summed E-state index contributed by atoms with van der Waals surface area (Å²) in [7, 11) is 0. The Bertz CT molecular complexity index is 346. The van der Waals surface area contributed by atoms with Crippen molar-refractivity contribution in [2.24, 2.45) is 10.4 Å². The van der Waals surface area contributed by atoms with Crippen LogP contribution in [0.4, 0.5) is 0 Å². The third-order valence-electron chi connectivity index (χ3n) is 3.19. The van der Waals surface area contributed by atoms with E-state index < -0.39 is 0 Å². The molecule has 0 aromatic carbocycles. The van der Waals surface area contributed by atoms with Crippen LogP contribution in [-0.4, -0.2) is 49.0 Å². The number of nitrogens with zero attached hydrogens (tertiary/aromatic N) is 1. The molecule has 1 heterocycles. The third-order valence-corrected chi connectivity index (χ3v) is 4.41. The van der Waals surface area contributed by atoms with E-state index in [1.165, 1.54) is 18.6 Å². The summed E-state index contributed by atoms with van der Waals surface area (Å²) in [5, 5.41) is 9.66. The van der Waals surface area contributed by atoms with Gasteiger partial charge in [-0.1, -0.05) is 20.8 Å². The van der Waals surface area contributed by atoms with Crippen molar-refractivity contribution in [2.45, 2.75) is 46.6 Å². The van der Waals surface area contributed by atoms with Crippen LogP contribution in [-0.2, 0) is 4.79 Å². The normalized spacial score (nSPS) is 20.0. The van der Waals surface area contributed by atoms with Gasteiger partial charge < -0.3 is 16.0 Å². The monoisotopic (exact) mass is 314 g/mol. The predicted molar refractivity (Wildman–Crippen MR) is 91.9 cm³/mol. The molecule has 0 aliphatic carbocycles. The van der Waals surface area contributed by atoms with E-state index in [0.29, 0.717) is 19.1 Å². The van der Waals surface area contributed by atoms with E-state index in [1.807, 2.05) is 32.5 Å². The minimum Gasteiger partial charge on any atom is -0.357 e. The van der Waals surface area contributed by atoms with Crippen LogP contribution in [0.1, 0.15) is 40.5 Å². The zero-order valence-electron chi connectivity index (χ0n) is 13.8. The van der Waals surface area contributed by atoms with E-state index in [2.05, 4.69) is 27.9 Å². The molecule has 0 spiro atoms. The Morgan fingerprint density at radius 1 is 1.33 bits per heavy atom. The SMILES string of the molecule is CCNC(=NCCNC(=O)C(C)(C)C)NC1CCCSC1. The zero-order chi connectivity index (χ0) is 15.7. The number of carbonyl (C=O) groups is 1. The maximum atomic E-state index is 11.8. The van der Waals surface area contributed by atoms with Crippen LogP contribution in [0.25, 0.3) is 0 Å². The molecule has 1 saturated heterocycles. The quantitative estimate of drug-likeness (QED) is 0.410. The smallest absolute Gasteiger partial charge is 0.225 e. The van der Waals surface area contributed by atoms with Gasteiger partial charge in [0.2, 0.25) is 5.91 Å². The fraction of sp³-hybridized carbons (Fsp3) is 0.867. The van der Waals surface area contributed by atoms with Crippen LogP contribution in [0.3, 0.4) is 0 Å². The second kappa shape index (κ2) is 9.18. The van der Waals surface area contributed by atoms with Gasteiger partial charge in [-0.05, 0) is 25.5 Å². The molecule has 1 atom stereocenters. The minimum atomic E-state index is -0.341. The van der Waals surface area contributed by atoms with Gasteiger partial charge in [0.05, 0.1) is 6.54 Å². The first-order valence-electron chi connectivity index (χ1n) is 7.84. The molecule has 0 radical (unpaired) electrons. The van der Waals surface area contributed by atoms with Gasteiger partial charge in [-0.3, -0.25) is 9.79 Å². The van der Waals surface area contributed by atoms with Crippen molar-refractivity contribution in [3.05, 3.63) is 0 Å². The van der Waals surface area contributed by atoms with Gasteiger partial charge in [0, 0.05) is 30.3 Å². The number of rotatable bonds is 5. The Morgan fingerprint density at radius 2 is 2.10 bits per heavy atom. The maximum absolute atomic E-state index is 11.8. The van der Waals surface area contributed by atoms with E-state index in [4.69, 9.17) is 0 Å². The van der Waals surface area contributed by atoms with Crippen LogP contribution >= 0.6 is 11.8 Å². The van der Waals surface area contributed by atoms with Crippen LogP contribution in [0.5, 0.6) is 0 Å². The first kappa shape index (κ1) is 18.1. The third kappa shape index (κ3) is 7.60. The van der Waals surface area contributed by atoms with Gasteiger partial charge in [-0.15, -0.1) is 0 Å². The number of thioether (sulfide) groups is 1.